The summed E-state index contributed by atoms with van der Waals surface area (Å²) in [6, 6.07) is 7.17. The van der Waals surface area contributed by atoms with Crippen LogP contribution in [0.3, 0.4) is 0 Å². The van der Waals surface area contributed by atoms with Gasteiger partial charge in [-0.25, -0.2) is 9.67 Å². The Kier molecular flexibility index (Phi) is 7.32. The fourth-order valence-electron chi connectivity index (χ4n) is 4.11. The number of unbranched alkanes of at least 4 members (excludes halogenated alkanes) is 2. The third kappa shape index (κ3) is 5.24. The van der Waals surface area contributed by atoms with Gasteiger partial charge in [0, 0.05) is 23.9 Å². The molecule has 0 bridgehead atoms. The number of hydrogen-bond donors (Lipinski definition) is 1. The first-order valence-electron chi connectivity index (χ1n) is 11.5. The number of aryl methyl sites for hydroxylation is 1. The Morgan fingerprint density at radius 3 is 2.69 bits per heavy atom. The monoisotopic (exact) mass is 453 g/mol. The lowest BCUT2D eigenvalue weighted by Crippen LogP contribution is -2.32. The predicted molar refractivity (Wildman–Crippen MR) is 129 cm³/mol. The van der Waals surface area contributed by atoms with Crippen molar-refractivity contribution >= 4 is 33.1 Å². The number of nitrogens with one attached hydrogen (secondary N) is 1. The van der Waals surface area contributed by atoms with Crippen LogP contribution in [0.25, 0.3) is 10.8 Å². The predicted octanol–water partition coefficient (Wildman–Crippen LogP) is 4.53. The molecular weight excluding hydrogens is 422 g/mol. The molecule has 3 aromatic rings. The molecule has 3 heterocycles. The first-order chi connectivity index (χ1) is 15.5. The molecule has 1 saturated heterocycles. The van der Waals surface area contributed by atoms with Gasteiger partial charge in [0.25, 0.3) is 11.5 Å². The molecule has 0 radical (unpaired) electrons. The fraction of sp³-hybridized carbons (Fsp3) is 0.500. The first kappa shape index (κ1) is 22.6. The number of nitrogens with zero attached hydrogens (tertiary/aromatic N) is 4. The Labute approximate surface area is 192 Å². The average Bonchev–Trinajstić information content (AvgIpc) is 3.23. The molecule has 4 rings (SSSR count). The Morgan fingerprint density at radius 2 is 1.94 bits per heavy atom. The van der Waals surface area contributed by atoms with Gasteiger partial charge < -0.3 is 0 Å². The summed E-state index contributed by atoms with van der Waals surface area (Å²) in [6.07, 6.45) is 5.37. The van der Waals surface area contributed by atoms with E-state index in [1.807, 2.05) is 17.5 Å². The van der Waals surface area contributed by atoms with Crippen molar-refractivity contribution in [2.45, 2.75) is 59.0 Å². The van der Waals surface area contributed by atoms with Crippen LogP contribution < -0.4 is 10.9 Å². The smallest absolute Gasteiger partial charge is 0.278 e. The summed E-state index contributed by atoms with van der Waals surface area (Å²) in [5.74, 6) is 0.460. The van der Waals surface area contributed by atoms with Crippen LogP contribution in [0.5, 0.6) is 0 Å². The van der Waals surface area contributed by atoms with Crippen LogP contribution in [-0.2, 0) is 13.1 Å². The van der Waals surface area contributed by atoms with Crippen molar-refractivity contribution in [3.05, 3.63) is 51.4 Å². The van der Waals surface area contributed by atoms with Crippen molar-refractivity contribution in [3.8, 4) is 0 Å². The molecule has 0 atom stereocenters. The summed E-state index contributed by atoms with van der Waals surface area (Å²) in [6.45, 7) is 7.92. The molecule has 1 fully saturated rings. The minimum atomic E-state index is -0.335. The third-order valence-electron chi connectivity index (χ3n) is 6.09. The van der Waals surface area contributed by atoms with Crippen molar-refractivity contribution in [1.82, 2.24) is 19.7 Å². The van der Waals surface area contributed by atoms with Crippen molar-refractivity contribution in [1.29, 1.82) is 0 Å². The highest BCUT2D eigenvalue weighted by atomic mass is 32.1. The molecule has 1 N–H and O–H groups in total. The number of fused-ring (bicyclic) bond motifs is 1. The molecular formula is C24H31N5O2S. The number of carbonyl (C=O) groups is 1. The van der Waals surface area contributed by atoms with Gasteiger partial charge in [0.05, 0.1) is 11.1 Å². The average molecular weight is 454 g/mol. The number of carbonyl (C=O) groups excluding carboxylic acids is 1. The molecule has 2 aromatic heterocycles. The highest BCUT2D eigenvalue weighted by Crippen LogP contribution is 2.22. The number of amides is 1. The first-order valence-corrected chi connectivity index (χ1v) is 12.4. The van der Waals surface area contributed by atoms with E-state index in [1.165, 1.54) is 28.9 Å². The van der Waals surface area contributed by atoms with E-state index in [0.29, 0.717) is 22.4 Å². The van der Waals surface area contributed by atoms with Gasteiger partial charge in [-0.1, -0.05) is 44.9 Å². The number of benzene rings is 1. The summed E-state index contributed by atoms with van der Waals surface area (Å²) in [7, 11) is 0. The Morgan fingerprint density at radius 1 is 1.19 bits per heavy atom. The number of likely N-dealkylation sites (tertiary alicyclic amines) is 1. The van der Waals surface area contributed by atoms with E-state index in [-0.39, 0.29) is 17.2 Å². The molecule has 1 amide bonds. The van der Waals surface area contributed by atoms with Gasteiger partial charge in [-0.15, -0.1) is 11.3 Å². The number of piperidine rings is 1. The molecule has 0 unspecified atom stereocenters. The van der Waals surface area contributed by atoms with Gasteiger partial charge in [-0.2, -0.15) is 5.10 Å². The Hall–Kier alpha value is -2.58. The van der Waals surface area contributed by atoms with Crippen LogP contribution in [-0.4, -0.2) is 38.7 Å². The normalized spacial score (nSPS) is 15.3. The lowest BCUT2D eigenvalue weighted by molar-refractivity contribution is 0.102. The number of aromatic nitrogens is 3. The molecule has 32 heavy (non-hydrogen) atoms. The number of hydrogen-bond acceptors (Lipinski definition) is 6. The highest BCUT2D eigenvalue weighted by Gasteiger charge is 2.19. The van der Waals surface area contributed by atoms with Gasteiger partial charge in [0.2, 0.25) is 0 Å². The molecule has 170 valence electrons. The maximum Gasteiger partial charge on any atom is 0.278 e. The van der Waals surface area contributed by atoms with Crippen molar-refractivity contribution < 1.29 is 4.79 Å². The van der Waals surface area contributed by atoms with Gasteiger partial charge in [-0.3, -0.25) is 19.8 Å². The molecule has 8 heteroatoms. The van der Waals surface area contributed by atoms with Crippen LogP contribution in [0, 0.1) is 5.92 Å². The Bertz CT molecular complexity index is 1130. The van der Waals surface area contributed by atoms with Crippen LogP contribution >= 0.6 is 11.3 Å². The Balaban J connectivity index is 1.52. The zero-order valence-electron chi connectivity index (χ0n) is 18.8. The van der Waals surface area contributed by atoms with Gasteiger partial charge in [0.15, 0.2) is 10.8 Å². The molecule has 1 aromatic carbocycles. The highest BCUT2D eigenvalue weighted by molar-refractivity contribution is 7.14. The lowest BCUT2D eigenvalue weighted by Gasteiger charge is -2.29. The van der Waals surface area contributed by atoms with Crippen molar-refractivity contribution in [2.24, 2.45) is 5.92 Å². The number of rotatable bonds is 8. The molecule has 0 saturated carbocycles. The zero-order valence-corrected chi connectivity index (χ0v) is 19.7. The molecule has 0 spiro atoms. The van der Waals surface area contributed by atoms with Crippen LogP contribution in [0.15, 0.2) is 34.4 Å². The summed E-state index contributed by atoms with van der Waals surface area (Å²) in [5, 5.41) is 11.0. The summed E-state index contributed by atoms with van der Waals surface area (Å²) in [4.78, 5) is 33.0. The second kappa shape index (κ2) is 10.4. The van der Waals surface area contributed by atoms with E-state index in [9.17, 15) is 9.59 Å². The standard InChI is InChI=1S/C24H31N5O2S/c1-3-4-7-12-29-23(31)20-9-6-5-8-19(20)21(27-29)22(30)26-24-25-18(16-32-24)15-28-13-10-17(2)11-14-28/h5-6,8-9,16-17H,3-4,7,10-15H2,1-2H3,(H,25,26,30). The third-order valence-corrected chi connectivity index (χ3v) is 6.90. The van der Waals surface area contributed by atoms with E-state index in [4.69, 9.17) is 0 Å². The second-order valence-electron chi connectivity index (χ2n) is 8.69. The maximum atomic E-state index is 13.1. The van der Waals surface area contributed by atoms with Crippen molar-refractivity contribution in [2.75, 3.05) is 18.4 Å². The van der Waals surface area contributed by atoms with E-state index in [1.54, 1.807) is 12.1 Å². The summed E-state index contributed by atoms with van der Waals surface area (Å²) >= 11 is 1.43. The van der Waals surface area contributed by atoms with E-state index in [2.05, 4.69) is 34.1 Å². The summed E-state index contributed by atoms with van der Waals surface area (Å²) in [5.41, 5.74) is 1.08. The van der Waals surface area contributed by atoms with Crippen LogP contribution in [0.1, 0.15) is 62.1 Å². The van der Waals surface area contributed by atoms with E-state index < -0.39 is 0 Å². The topological polar surface area (TPSA) is 80.1 Å². The summed E-state index contributed by atoms with van der Waals surface area (Å²) < 4.78 is 1.43. The molecule has 1 aliphatic rings. The quantitative estimate of drug-likeness (QED) is 0.507. The minimum Gasteiger partial charge on any atom is -0.297 e. The minimum absolute atomic E-state index is 0.152. The van der Waals surface area contributed by atoms with Crippen molar-refractivity contribution in [3.63, 3.8) is 0 Å². The second-order valence-corrected chi connectivity index (χ2v) is 9.54. The molecule has 1 aliphatic heterocycles. The maximum absolute atomic E-state index is 13.1. The van der Waals surface area contributed by atoms with Gasteiger partial charge >= 0.3 is 0 Å². The molecule has 0 aliphatic carbocycles. The van der Waals surface area contributed by atoms with E-state index in [0.717, 1.165) is 50.5 Å². The van der Waals surface area contributed by atoms with Crippen LogP contribution in [0.2, 0.25) is 0 Å². The zero-order chi connectivity index (χ0) is 22.5. The number of anilines is 1. The van der Waals surface area contributed by atoms with Gasteiger partial charge in [0.1, 0.15) is 0 Å². The number of thiazole rings is 1. The van der Waals surface area contributed by atoms with Crippen LogP contribution in [0.4, 0.5) is 5.13 Å². The largest absolute Gasteiger partial charge is 0.297 e. The van der Waals surface area contributed by atoms with E-state index >= 15 is 0 Å². The molecule has 7 nitrogen and oxygen atoms in total. The fourth-order valence-corrected chi connectivity index (χ4v) is 4.81. The SMILES string of the molecule is CCCCCn1nc(C(=O)Nc2nc(CN3CCC(C)CC3)cs2)c2ccccc2c1=O. The lowest BCUT2D eigenvalue weighted by atomic mass is 9.99. The van der Waals surface area contributed by atoms with Gasteiger partial charge in [-0.05, 0) is 44.3 Å².